The first-order chi connectivity index (χ1) is 13.5. The number of nitrogens with zero attached hydrogens (tertiary/aromatic N) is 2. The molecule has 2 aliphatic heterocycles. The second kappa shape index (κ2) is 7.28. The van der Waals surface area contributed by atoms with Gasteiger partial charge in [-0.3, -0.25) is 9.59 Å². The molecule has 2 aromatic carbocycles. The number of rotatable bonds is 3. The molecule has 2 N–H and O–H groups in total. The second-order valence-corrected chi connectivity index (χ2v) is 7.73. The highest BCUT2D eigenvalue weighted by atomic mass is 16.3. The molecule has 0 bridgehead atoms. The fourth-order valence-corrected chi connectivity index (χ4v) is 4.41. The Balaban J connectivity index is 1.47. The summed E-state index contributed by atoms with van der Waals surface area (Å²) in [6.45, 7) is 7.15. The molecule has 4 rings (SSSR count). The number of piperazine rings is 1. The highest BCUT2D eigenvalue weighted by Gasteiger charge is 2.47. The molecule has 2 aliphatic rings. The molecule has 2 saturated heterocycles. The summed E-state index contributed by atoms with van der Waals surface area (Å²) in [6.07, 6.45) is 0.279. The molecule has 28 heavy (non-hydrogen) atoms. The summed E-state index contributed by atoms with van der Waals surface area (Å²) in [5.74, 6) is 0.0889. The molecule has 146 valence electrons. The lowest BCUT2D eigenvalue weighted by atomic mass is 10.1. The summed E-state index contributed by atoms with van der Waals surface area (Å²) in [6, 6.07) is 12.7. The fourth-order valence-electron chi connectivity index (χ4n) is 4.41. The van der Waals surface area contributed by atoms with E-state index in [0.717, 1.165) is 48.7 Å². The topological polar surface area (TPSA) is 65.3 Å². The van der Waals surface area contributed by atoms with E-state index in [-0.39, 0.29) is 30.0 Å². The molecular weight excluding hydrogens is 354 g/mol. The number of amides is 2. The average molecular weight is 380 g/mol. The smallest absolute Gasteiger partial charge is 0.292 e. The number of benzene rings is 2. The van der Waals surface area contributed by atoms with Crippen LogP contribution in [0.15, 0.2) is 42.5 Å². The molecular formula is C22H26N3O3+. The normalized spacial score (nSPS) is 20.9. The molecule has 0 unspecified atom stereocenters. The van der Waals surface area contributed by atoms with E-state index in [1.54, 1.807) is 12.1 Å². The van der Waals surface area contributed by atoms with Gasteiger partial charge < -0.3 is 14.9 Å². The third kappa shape index (κ3) is 3.24. The van der Waals surface area contributed by atoms with Gasteiger partial charge in [0, 0.05) is 5.69 Å². The van der Waals surface area contributed by atoms with E-state index in [1.807, 2.05) is 44.2 Å². The van der Waals surface area contributed by atoms with Crippen LogP contribution in [-0.4, -0.2) is 49.1 Å². The Labute approximate surface area is 165 Å². The molecule has 2 aromatic rings. The van der Waals surface area contributed by atoms with Gasteiger partial charge >= 0.3 is 0 Å². The van der Waals surface area contributed by atoms with Crippen molar-refractivity contribution in [2.75, 3.05) is 36.0 Å². The number of carbonyl (C=O) groups is 2. The van der Waals surface area contributed by atoms with E-state index in [0.29, 0.717) is 0 Å². The standard InChI is InChI=1S/C22H25N3O3/c1-15-4-3-5-16(2)21(15)25-20(27)14-19(22(25)28)24-12-10-23(11-13-24)17-6-8-18(26)9-7-17/h3-9,19,26H,10-14H2,1-2H3/p+1/t19-/m0/s1. The van der Waals surface area contributed by atoms with Crippen molar-refractivity contribution in [1.29, 1.82) is 0 Å². The van der Waals surface area contributed by atoms with Crippen molar-refractivity contribution in [2.24, 2.45) is 0 Å². The monoisotopic (exact) mass is 380 g/mol. The Morgan fingerprint density at radius 3 is 2.18 bits per heavy atom. The van der Waals surface area contributed by atoms with Crippen LogP contribution in [0.4, 0.5) is 11.4 Å². The number of hydrogen-bond donors (Lipinski definition) is 2. The summed E-state index contributed by atoms with van der Waals surface area (Å²) >= 11 is 0. The van der Waals surface area contributed by atoms with Gasteiger partial charge in [-0.2, -0.15) is 0 Å². The van der Waals surface area contributed by atoms with Crippen LogP contribution in [-0.2, 0) is 9.59 Å². The molecule has 1 atom stereocenters. The molecule has 0 radical (unpaired) electrons. The Morgan fingerprint density at radius 2 is 1.57 bits per heavy atom. The van der Waals surface area contributed by atoms with Crippen LogP contribution in [0.25, 0.3) is 0 Å². The van der Waals surface area contributed by atoms with Crippen molar-refractivity contribution < 1.29 is 19.6 Å². The Bertz CT molecular complexity index is 881. The number of quaternary nitrogens is 1. The van der Waals surface area contributed by atoms with Gasteiger partial charge in [0.15, 0.2) is 6.04 Å². The summed E-state index contributed by atoms with van der Waals surface area (Å²) in [5, 5.41) is 9.46. The number of phenolic OH excluding ortho intramolecular Hbond substituents is 1. The third-order valence-electron chi connectivity index (χ3n) is 5.92. The predicted molar refractivity (Wildman–Crippen MR) is 108 cm³/mol. The number of anilines is 2. The summed E-state index contributed by atoms with van der Waals surface area (Å²) in [7, 11) is 0. The van der Waals surface area contributed by atoms with Gasteiger partial charge in [0.25, 0.3) is 5.91 Å². The highest BCUT2D eigenvalue weighted by Crippen LogP contribution is 2.29. The predicted octanol–water partition coefficient (Wildman–Crippen LogP) is 1.05. The van der Waals surface area contributed by atoms with Crippen molar-refractivity contribution in [3.8, 4) is 5.75 Å². The van der Waals surface area contributed by atoms with Crippen molar-refractivity contribution in [3.63, 3.8) is 0 Å². The summed E-state index contributed by atoms with van der Waals surface area (Å²) in [5.41, 5.74) is 3.73. The molecule has 6 nitrogen and oxygen atoms in total. The molecule has 0 saturated carbocycles. The largest absolute Gasteiger partial charge is 0.508 e. The van der Waals surface area contributed by atoms with E-state index in [2.05, 4.69) is 4.90 Å². The minimum atomic E-state index is -0.298. The zero-order chi connectivity index (χ0) is 19.8. The van der Waals surface area contributed by atoms with E-state index < -0.39 is 0 Å². The number of para-hydroxylation sites is 1. The van der Waals surface area contributed by atoms with Crippen molar-refractivity contribution in [3.05, 3.63) is 53.6 Å². The molecule has 6 heteroatoms. The van der Waals surface area contributed by atoms with Gasteiger partial charge in [0.1, 0.15) is 5.75 Å². The third-order valence-corrected chi connectivity index (χ3v) is 5.92. The number of aryl methyl sites for hydroxylation is 2. The highest BCUT2D eigenvalue weighted by molar-refractivity contribution is 6.22. The van der Waals surface area contributed by atoms with Gasteiger partial charge in [0.2, 0.25) is 5.91 Å². The number of nitrogens with one attached hydrogen (secondary N) is 1. The molecule has 2 heterocycles. The van der Waals surface area contributed by atoms with Gasteiger partial charge in [-0.25, -0.2) is 4.90 Å². The molecule has 0 aliphatic carbocycles. The minimum Gasteiger partial charge on any atom is -0.508 e. The van der Waals surface area contributed by atoms with E-state index in [4.69, 9.17) is 0 Å². The fraction of sp³-hybridized carbons (Fsp3) is 0.364. The van der Waals surface area contributed by atoms with Gasteiger partial charge in [-0.05, 0) is 49.2 Å². The first-order valence-electron chi connectivity index (χ1n) is 9.77. The van der Waals surface area contributed by atoms with Crippen LogP contribution < -0.4 is 14.7 Å². The maximum Gasteiger partial charge on any atom is 0.292 e. The molecule has 2 fully saturated rings. The number of phenols is 1. The first kappa shape index (κ1) is 18.5. The van der Waals surface area contributed by atoms with Crippen molar-refractivity contribution >= 4 is 23.2 Å². The number of carbonyl (C=O) groups excluding carboxylic acids is 2. The van der Waals surface area contributed by atoms with Crippen molar-refractivity contribution in [2.45, 2.75) is 26.3 Å². The Morgan fingerprint density at radius 1 is 0.964 bits per heavy atom. The lowest BCUT2D eigenvalue weighted by Gasteiger charge is -2.35. The molecule has 2 amide bonds. The Hall–Kier alpha value is -2.86. The molecule has 0 aromatic heterocycles. The minimum absolute atomic E-state index is 0.0736. The van der Waals surface area contributed by atoms with E-state index in [9.17, 15) is 14.7 Å². The van der Waals surface area contributed by atoms with Crippen LogP contribution in [0, 0.1) is 13.8 Å². The SMILES string of the molecule is Cc1cccc(C)c1N1C(=O)C[C@H]([NH+]2CCN(c3ccc(O)cc3)CC2)C1=O. The van der Waals surface area contributed by atoms with Crippen LogP contribution in [0.3, 0.4) is 0 Å². The summed E-state index contributed by atoms with van der Waals surface area (Å²) in [4.78, 5) is 30.7. The van der Waals surface area contributed by atoms with Crippen LogP contribution in [0.2, 0.25) is 0 Å². The van der Waals surface area contributed by atoms with Crippen LogP contribution in [0.1, 0.15) is 17.5 Å². The average Bonchev–Trinajstić information content (AvgIpc) is 2.97. The lowest BCUT2D eigenvalue weighted by molar-refractivity contribution is -0.915. The maximum absolute atomic E-state index is 13.2. The lowest BCUT2D eigenvalue weighted by Crippen LogP contribution is -3.19. The number of aromatic hydroxyl groups is 1. The Kier molecular flexibility index (Phi) is 4.81. The van der Waals surface area contributed by atoms with Crippen LogP contribution in [0.5, 0.6) is 5.75 Å². The zero-order valence-corrected chi connectivity index (χ0v) is 16.3. The summed E-state index contributed by atoms with van der Waals surface area (Å²) < 4.78 is 0. The van der Waals surface area contributed by atoms with Gasteiger partial charge in [-0.1, -0.05) is 18.2 Å². The first-order valence-corrected chi connectivity index (χ1v) is 9.77. The maximum atomic E-state index is 13.2. The van der Waals surface area contributed by atoms with E-state index >= 15 is 0 Å². The van der Waals surface area contributed by atoms with Crippen LogP contribution >= 0.6 is 0 Å². The quantitative estimate of drug-likeness (QED) is 0.782. The molecule has 0 spiro atoms. The second-order valence-electron chi connectivity index (χ2n) is 7.73. The van der Waals surface area contributed by atoms with E-state index in [1.165, 1.54) is 9.80 Å². The van der Waals surface area contributed by atoms with Crippen molar-refractivity contribution in [1.82, 2.24) is 0 Å². The number of hydrogen-bond acceptors (Lipinski definition) is 4. The van der Waals surface area contributed by atoms with Gasteiger partial charge in [-0.15, -0.1) is 0 Å². The zero-order valence-electron chi connectivity index (χ0n) is 16.3. The number of imide groups is 1. The van der Waals surface area contributed by atoms with Gasteiger partial charge in [0.05, 0.1) is 38.3 Å².